The summed E-state index contributed by atoms with van der Waals surface area (Å²) in [7, 11) is 1.73. The molecule has 1 aromatic rings. The fourth-order valence-electron chi connectivity index (χ4n) is 2.30. The highest BCUT2D eigenvalue weighted by atomic mass is 32.1. The first-order chi connectivity index (χ1) is 9.09. The van der Waals surface area contributed by atoms with Crippen molar-refractivity contribution >= 4 is 23.3 Å². The van der Waals surface area contributed by atoms with Gasteiger partial charge in [0.1, 0.15) is 6.04 Å². The maximum absolute atomic E-state index is 12.2. The number of nitrogens with zero attached hydrogens (tertiary/aromatic N) is 2. The Labute approximate surface area is 116 Å². The predicted molar refractivity (Wildman–Crippen MR) is 73.4 cm³/mol. The lowest BCUT2D eigenvalue weighted by Crippen LogP contribution is -2.47. The number of carbonyl (C=O) groups excluding carboxylic acids is 1. The van der Waals surface area contributed by atoms with Crippen LogP contribution in [-0.2, 0) is 11.2 Å². The van der Waals surface area contributed by atoms with Gasteiger partial charge in [0.2, 0.25) is 0 Å². The molecule has 0 spiro atoms. The zero-order valence-electron chi connectivity index (χ0n) is 10.9. The normalized spacial score (nSPS) is 18.6. The van der Waals surface area contributed by atoms with Gasteiger partial charge in [0, 0.05) is 25.0 Å². The van der Waals surface area contributed by atoms with Crippen LogP contribution in [0.5, 0.6) is 0 Å². The second-order valence-electron chi connectivity index (χ2n) is 4.72. The van der Waals surface area contributed by atoms with Crippen molar-refractivity contribution in [2.75, 3.05) is 20.1 Å². The van der Waals surface area contributed by atoms with Crippen LogP contribution in [-0.4, -0.2) is 53.1 Å². The molecule has 19 heavy (non-hydrogen) atoms. The van der Waals surface area contributed by atoms with Gasteiger partial charge in [-0.2, -0.15) is 0 Å². The molecule has 0 saturated carbocycles. The standard InChI is InChI=1S/C13H18N2O3S/c1-14(8-6-10-4-3-9-19-10)13(18)15-7-2-5-11(15)12(16)17/h3-4,9,11H,2,5-8H2,1H3,(H,16,17). The van der Waals surface area contributed by atoms with Gasteiger partial charge in [-0.25, -0.2) is 9.59 Å². The topological polar surface area (TPSA) is 60.9 Å². The van der Waals surface area contributed by atoms with Gasteiger partial charge in [0.15, 0.2) is 0 Å². The number of hydrogen-bond donors (Lipinski definition) is 1. The van der Waals surface area contributed by atoms with Crippen molar-refractivity contribution in [1.82, 2.24) is 9.80 Å². The zero-order chi connectivity index (χ0) is 13.8. The molecule has 1 aliphatic rings. The smallest absolute Gasteiger partial charge is 0.326 e. The SMILES string of the molecule is CN(CCc1cccs1)C(=O)N1CCCC1C(=O)O. The lowest BCUT2D eigenvalue weighted by molar-refractivity contribution is -0.141. The summed E-state index contributed by atoms with van der Waals surface area (Å²) in [5, 5.41) is 11.1. The summed E-state index contributed by atoms with van der Waals surface area (Å²) in [6.45, 7) is 1.15. The molecule has 1 aliphatic heterocycles. The highest BCUT2D eigenvalue weighted by Gasteiger charge is 2.35. The Morgan fingerprint density at radius 1 is 1.58 bits per heavy atom. The van der Waals surface area contributed by atoms with E-state index >= 15 is 0 Å². The van der Waals surface area contributed by atoms with E-state index in [2.05, 4.69) is 0 Å². The van der Waals surface area contributed by atoms with E-state index in [-0.39, 0.29) is 6.03 Å². The Bertz CT molecular complexity index is 447. The highest BCUT2D eigenvalue weighted by Crippen LogP contribution is 2.19. The molecule has 1 atom stereocenters. The van der Waals surface area contributed by atoms with Crippen molar-refractivity contribution in [1.29, 1.82) is 0 Å². The molecule has 1 fully saturated rings. The van der Waals surface area contributed by atoms with E-state index in [1.165, 1.54) is 9.78 Å². The molecule has 2 heterocycles. The zero-order valence-corrected chi connectivity index (χ0v) is 11.7. The number of carboxylic acids is 1. The predicted octanol–water partition coefficient (Wildman–Crippen LogP) is 1.89. The van der Waals surface area contributed by atoms with E-state index < -0.39 is 12.0 Å². The van der Waals surface area contributed by atoms with Crippen LogP contribution < -0.4 is 0 Å². The number of thiophene rings is 1. The maximum Gasteiger partial charge on any atom is 0.326 e. The number of rotatable bonds is 4. The van der Waals surface area contributed by atoms with Crippen molar-refractivity contribution in [2.24, 2.45) is 0 Å². The number of carbonyl (C=O) groups is 2. The maximum atomic E-state index is 12.2. The number of amides is 2. The highest BCUT2D eigenvalue weighted by molar-refractivity contribution is 7.09. The first-order valence-electron chi connectivity index (χ1n) is 6.36. The number of urea groups is 1. The van der Waals surface area contributed by atoms with Gasteiger partial charge < -0.3 is 14.9 Å². The van der Waals surface area contributed by atoms with Crippen LogP contribution >= 0.6 is 11.3 Å². The average molecular weight is 282 g/mol. The quantitative estimate of drug-likeness (QED) is 0.917. The van der Waals surface area contributed by atoms with Crippen LogP contribution in [0, 0.1) is 0 Å². The molecule has 6 heteroatoms. The molecule has 0 bridgehead atoms. The molecule has 1 N–H and O–H groups in total. The van der Waals surface area contributed by atoms with Gasteiger partial charge in [0.05, 0.1) is 0 Å². The van der Waals surface area contributed by atoms with E-state index in [1.54, 1.807) is 23.3 Å². The van der Waals surface area contributed by atoms with E-state index in [4.69, 9.17) is 5.11 Å². The summed E-state index contributed by atoms with van der Waals surface area (Å²) in [6, 6.07) is 3.19. The number of aliphatic carboxylic acids is 1. The number of carboxylic acid groups (broad SMARTS) is 1. The van der Waals surface area contributed by atoms with Gasteiger partial charge in [-0.05, 0) is 30.7 Å². The summed E-state index contributed by atoms with van der Waals surface area (Å²) in [4.78, 5) is 27.6. The minimum absolute atomic E-state index is 0.179. The first kappa shape index (κ1) is 13.9. The van der Waals surface area contributed by atoms with Crippen LogP contribution in [0.4, 0.5) is 4.79 Å². The Morgan fingerprint density at radius 2 is 2.37 bits per heavy atom. The third-order valence-electron chi connectivity index (χ3n) is 3.38. The number of likely N-dealkylation sites (tertiary alicyclic amines) is 1. The van der Waals surface area contributed by atoms with Crippen molar-refractivity contribution in [3.63, 3.8) is 0 Å². The molecule has 0 aliphatic carbocycles. The Balaban J connectivity index is 1.89. The minimum Gasteiger partial charge on any atom is -0.480 e. The molecule has 1 unspecified atom stereocenters. The van der Waals surface area contributed by atoms with E-state index in [1.807, 2.05) is 17.5 Å². The van der Waals surface area contributed by atoms with Crippen molar-refractivity contribution < 1.29 is 14.7 Å². The lowest BCUT2D eigenvalue weighted by atomic mass is 10.2. The third kappa shape index (κ3) is 3.26. The van der Waals surface area contributed by atoms with Crippen LogP contribution in [0.3, 0.4) is 0 Å². The first-order valence-corrected chi connectivity index (χ1v) is 7.24. The second kappa shape index (κ2) is 6.06. The summed E-state index contributed by atoms with van der Waals surface area (Å²) in [5.74, 6) is -0.905. The number of hydrogen-bond acceptors (Lipinski definition) is 3. The summed E-state index contributed by atoms with van der Waals surface area (Å²) in [5.41, 5.74) is 0. The van der Waals surface area contributed by atoms with Crippen LogP contribution in [0.15, 0.2) is 17.5 Å². The van der Waals surface area contributed by atoms with E-state index in [0.717, 1.165) is 12.8 Å². The molecule has 1 aromatic heterocycles. The third-order valence-corrected chi connectivity index (χ3v) is 4.32. The number of likely N-dealkylation sites (N-methyl/N-ethyl adjacent to an activating group) is 1. The minimum atomic E-state index is -0.905. The summed E-state index contributed by atoms with van der Waals surface area (Å²) in [6.07, 6.45) is 2.13. The molecule has 0 radical (unpaired) electrons. The van der Waals surface area contributed by atoms with Crippen molar-refractivity contribution in [2.45, 2.75) is 25.3 Å². The van der Waals surface area contributed by atoms with Crippen LogP contribution in [0.25, 0.3) is 0 Å². The largest absolute Gasteiger partial charge is 0.480 e. The Hall–Kier alpha value is -1.56. The average Bonchev–Trinajstić information content (AvgIpc) is 3.05. The van der Waals surface area contributed by atoms with Gasteiger partial charge in [-0.15, -0.1) is 11.3 Å². The molecule has 0 aromatic carbocycles. The van der Waals surface area contributed by atoms with Gasteiger partial charge in [-0.3, -0.25) is 0 Å². The van der Waals surface area contributed by atoms with E-state index in [9.17, 15) is 9.59 Å². The fourth-order valence-corrected chi connectivity index (χ4v) is 3.00. The van der Waals surface area contributed by atoms with Gasteiger partial charge >= 0.3 is 12.0 Å². The van der Waals surface area contributed by atoms with Gasteiger partial charge in [-0.1, -0.05) is 6.07 Å². The van der Waals surface area contributed by atoms with Gasteiger partial charge in [0.25, 0.3) is 0 Å². The van der Waals surface area contributed by atoms with Crippen molar-refractivity contribution in [3.05, 3.63) is 22.4 Å². The van der Waals surface area contributed by atoms with E-state index in [0.29, 0.717) is 19.5 Å². The van der Waals surface area contributed by atoms with Crippen LogP contribution in [0.2, 0.25) is 0 Å². The Kier molecular flexibility index (Phi) is 4.42. The molecular weight excluding hydrogens is 264 g/mol. The van der Waals surface area contributed by atoms with Crippen molar-refractivity contribution in [3.8, 4) is 0 Å². The summed E-state index contributed by atoms with van der Waals surface area (Å²) >= 11 is 1.67. The molecule has 2 amide bonds. The monoisotopic (exact) mass is 282 g/mol. The molecule has 5 nitrogen and oxygen atoms in total. The molecule has 1 saturated heterocycles. The van der Waals surface area contributed by atoms with Crippen LogP contribution in [0.1, 0.15) is 17.7 Å². The second-order valence-corrected chi connectivity index (χ2v) is 5.76. The fraction of sp³-hybridized carbons (Fsp3) is 0.538. The molecule has 104 valence electrons. The lowest BCUT2D eigenvalue weighted by Gasteiger charge is -2.27. The molecule has 2 rings (SSSR count). The summed E-state index contributed by atoms with van der Waals surface area (Å²) < 4.78 is 0. The Morgan fingerprint density at radius 3 is 3.00 bits per heavy atom. The molecular formula is C13H18N2O3S.